The predicted octanol–water partition coefficient (Wildman–Crippen LogP) is 6.09. The van der Waals surface area contributed by atoms with E-state index in [0.717, 1.165) is 43.2 Å². The number of piperidine rings is 1. The number of amides is 1. The van der Waals surface area contributed by atoms with Crippen LogP contribution in [0.15, 0.2) is 36.4 Å². The van der Waals surface area contributed by atoms with Gasteiger partial charge in [-0.3, -0.25) is 4.79 Å². The fourth-order valence-electron chi connectivity index (χ4n) is 3.67. The van der Waals surface area contributed by atoms with Gasteiger partial charge < -0.3 is 14.5 Å². The predicted molar refractivity (Wildman–Crippen MR) is 121 cm³/mol. The lowest BCUT2D eigenvalue weighted by Gasteiger charge is -2.29. The van der Waals surface area contributed by atoms with Gasteiger partial charge in [0.05, 0.1) is 10.6 Å². The van der Waals surface area contributed by atoms with E-state index in [-0.39, 0.29) is 5.91 Å². The minimum atomic E-state index is -0.220. The molecule has 1 N–H and O–H groups in total. The molecule has 2 aromatic carbocycles. The molecule has 0 unspecified atom stereocenters. The molecule has 4 nitrogen and oxygen atoms in total. The number of hydrogen-bond acceptors (Lipinski definition) is 4. The highest BCUT2D eigenvalue weighted by Gasteiger charge is 2.18. The number of carbonyl (C=O) groups is 1. The molecule has 0 saturated carbocycles. The molecule has 0 spiro atoms. The van der Waals surface area contributed by atoms with Crippen LogP contribution in [-0.4, -0.2) is 31.3 Å². The molecule has 0 radical (unpaired) electrons. The SMILES string of the molecule is O=C(Nc1cc(Cl)cc(N2CCCCC2)c1)c1cc(N2CCCS2)ccc1Cl. The molecule has 7 heteroatoms. The van der Waals surface area contributed by atoms with Crippen molar-refractivity contribution in [1.82, 2.24) is 0 Å². The second-order valence-corrected chi connectivity index (χ2v) is 9.10. The average molecular weight is 436 g/mol. The normalized spacial score (nSPS) is 17.1. The molecular weight excluding hydrogens is 413 g/mol. The highest BCUT2D eigenvalue weighted by molar-refractivity contribution is 8.00. The molecule has 0 aromatic heterocycles. The quantitative estimate of drug-likeness (QED) is 0.588. The first-order valence-electron chi connectivity index (χ1n) is 9.67. The van der Waals surface area contributed by atoms with Gasteiger partial charge in [-0.05, 0) is 74.0 Å². The monoisotopic (exact) mass is 435 g/mol. The molecule has 28 heavy (non-hydrogen) atoms. The summed E-state index contributed by atoms with van der Waals surface area (Å²) in [4.78, 5) is 15.2. The Morgan fingerprint density at radius 1 is 0.929 bits per heavy atom. The van der Waals surface area contributed by atoms with Gasteiger partial charge in [0.2, 0.25) is 0 Å². The molecule has 4 rings (SSSR count). The smallest absolute Gasteiger partial charge is 0.257 e. The first kappa shape index (κ1) is 19.7. The molecule has 1 amide bonds. The average Bonchev–Trinajstić information content (AvgIpc) is 3.23. The Morgan fingerprint density at radius 3 is 2.50 bits per heavy atom. The van der Waals surface area contributed by atoms with Crippen molar-refractivity contribution in [3.8, 4) is 0 Å². The van der Waals surface area contributed by atoms with E-state index in [4.69, 9.17) is 23.2 Å². The summed E-state index contributed by atoms with van der Waals surface area (Å²) in [7, 11) is 0. The number of hydrogen-bond donors (Lipinski definition) is 1. The van der Waals surface area contributed by atoms with Gasteiger partial charge in [-0.15, -0.1) is 0 Å². The van der Waals surface area contributed by atoms with Gasteiger partial charge in [-0.1, -0.05) is 23.2 Å². The number of benzene rings is 2. The zero-order valence-corrected chi connectivity index (χ0v) is 17.9. The Morgan fingerprint density at radius 2 is 1.75 bits per heavy atom. The highest BCUT2D eigenvalue weighted by atomic mass is 35.5. The molecule has 2 aliphatic rings. The maximum absolute atomic E-state index is 12.9. The Labute approximate surface area is 180 Å². The first-order chi connectivity index (χ1) is 13.6. The van der Waals surface area contributed by atoms with Crippen molar-refractivity contribution in [1.29, 1.82) is 0 Å². The van der Waals surface area contributed by atoms with E-state index < -0.39 is 0 Å². The first-order valence-corrected chi connectivity index (χ1v) is 11.4. The molecule has 2 aromatic rings. The summed E-state index contributed by atoms with van der Waals surface area (Å²) >= 11 is 14.4. The minimum Gasteiger partial charge on any atom is -0.371 e. The zero-order chi connectivity index (χ0) is 19.5. The van der Waals surface area contributed by atoms with Crippen LogP contribution in [0.2, 0.25) is 10.0 Å². The molecular formula is C21H23Cl2N3OS. The van der Waals surface area contributed by atoms with Gasteiger partial charge in [-0.25, -0.2) is 0 Å². The summed E-state index contributed by atoms with van der Waals surface area (Å²) in [6, 6.07) is 11.4. The fourth-order valence-corrected chi connectivity index (χ4v) is 5.11. The van der Waals surface area contributed by atoms with Crippen LogP contribution < -0.4 is 14.5 Å². The van der Waals surface area contributed by atoms with Crippen LogP contribution in [0.4, 0.5) is 17.1 Å². The number of nitrogens with zero attached hydrogens (tertiary/aromatic N) is 2. The Kier molecular flexibility index (Phi) is 6.24. The van der Waals surface area contributed by atoms with Gasteiger partial charge >= 0.3 is 0 Å². The lowest BCUT2D eigenvalue weighted by Crippen LogP contribution is -2.29. The van der Waals surface area contributed by atoms with E-state index in [9.17, 15) is 4.79 Å². The maximum Gasteiger partial charge on any atom is 0.257 e. The number of nitrogens with one attached hydrogen (secondary N) is 1. The Hall–Kier alpha value is -1.56. The molecule has 0 atom stereocenters. The topological polar surface area (TPSA) is 35.6 Å². The Bertz CT molecular complexity index is 865. The summed E-state index contributed by atoms with van der Waals surface area (Å²) in [5.74, 6) is 0.884. The van der Waals surface area contributed by atoms with Gasteiger partial charge in [0.15, 0.2) is 0 Å². The number of carbonyl (C=O) groups excluding carboxylic acids is 1. The van der Waals surface area contributed by atoms with Crippen LogP contribution in [0.3, 0.4) is 0 Å². The molecule has 0 aliphatic carbocycles. The number of halogens is 2. The van der Waals surface area contributed by atoms with Crippen molar-refractivity contribution < 1.29 is 4.79 Å². The van der Waals surface area contributed by atoms with Crippen molar-refractivity contribution in [2.45, 2.75) is 25.7 Å². The van der Waals surface area contributed by atoms with E-state index >= 15 is 0 Å². The van der Waals surface area contributed by atoms with Crippen molar-refractivity contribution in [2.75, 3.05) is 39.9 Å². The number of rotatable bonds is 4. The third kappa shape index (κ3) is 4.53. The maximum atomic E-state index is 12.9. The molecule has 0 bridgehead atoms. The van der Waals surface area contributed by atoms with Crippen LogP contribution in [0.25, 0.3) is 0 Å². The number of anilines is 3. The summed E-state index contributed by atoms with van der Waals surface area (Å²) in [6.45, 7) is 3.03. The lowest BCUT2D eigenvalue weighted by atomic mass is 10.1. The van der Waals surface area contributed by atoms with Crippen molar-refractivity contribution in [2.24, 2.45) is 0 Å². The lowest BCUT2D eigenvalue weighted by molar-refractivity contribution is 0.102. The van der Waals surface area contributed by atoms with E-state index in [2.05, 4.69) is 14.5 Å². The van der Waals surface area contributed by atoms with Crippen LogP contribution in [0.1, 0.15) is 36.0 Å². The van der Waals surface area contributed by atoms with Crippen LogP contribution in [0.5, 0.6) is 0 Å². The summed E-state index contributed by atoms with van der Waals surface area (Å²) in [5.41, 5.74) is 3.23. The second kappa shape index (κ2) is 8.85. The molecule has 2 saturated heterocycles. The van der Waals surface area contributed by atoms with Gasteiger partial charge in [0.1, 0.15) is 0 Å². The minimum absolute atomic E-state index is 0.220. The highest BCUT2D eigenvalue weighted by Crippen LogP contribution is 2.32. The van der Waals surface area contributed by atoms with Crippen LogP contribution in [0, 0.1) is 0 Å². The van der Waals surface area contributed by atoms with Crippen molar-refractivity contribution in [3.05, 3.63) is 52.0 Å². The summed E-state index contributed by atoms with van der Waals surface area (Å²) in [6.07, 6.45) is 4.79. The Balaban J connectivity index is 1.55. The molecule has 2 fully saturated rings. The van der Waals surface area contributed by atoms with Crippen molar-refractivity contribution in [3.63, 3.8) is 0 Å². The van der Waals surface area contributed by atoms with Crippen LogP contribution >= 0.6 is 35.1 Å². The third-order valence-electron chi connectivity index (χ3n) is 5.10. The summed E-state index contributed by atoms with van der Waals surface area (Å²) < 4.78 is 2.21. The second-order valence-electron chi connectivity index (χ2n) is 7.15. The fraction of sp³-hybridized carbons (Fsp3) is 0.381. The summed E-state index contributed by atoms with van der Waals surface area (Å²) in [5, 5.41) is 4.04. The molecule has 2 aliphatic heterocycles. The van der Waals surface area contributed by atoms with Gasteiger partial charge in [0.25, 0.3) is 5.91 Å². The zero-order valence-electron chi connectivity index (χ0n) is 15.6. The molecule has 2 heterocycles. The molecule has 148 valence electrons. The van der Waals surface area contributed by atoms with E-state index in [0.29, 0.717) is 21.3 Å². The van der Waals surface area contributed by atoms with E-state index in [1.165, 1.54) is 19.3 Å². The standard InChI is InChI=1S/C21H23Cl2N3OS/c22-15-11-16(13-18(12-15)25-7-2-1-3-8-25)24-21(27)19-14-17(5-6-20(19)23)26-9-4-10-28-26/h5-6,11-14H,1-4,7-10H2,(H,24,27). The van der Waals surface area contributed by atoms with Gasteiger partial charge in [0, 0.05) is 47.5 Å². The van der Waals surface area contributed by atoms with Crippen LogP contribution in [-0.2, 0) is 0 Å². The largest absolute Gasteiger partial charge is 0.371 e. The van der Waals surface area contributed by atoms with Crippen molar-refractivity contribution >= 4 is 58.1 Å². The van der Waals surface area contributed by atoms with Gasteiger partial charge in [-0.2, -0.15) is 0 Å². The van der Waals surface area contributed by atoms with E-state index in [1.54, 1.807) is 24.1 Å². The third-order valence-corrected chi connectivity index (χ3v) is 6.82. The van der Waals surface area contributed by atoms with E-state index in [1.807, 2.05) is 24.3 Å².